The lowest BCUT2D eigenvalue weighted by molar-refractivity contribution is -0.154. The van der Waals surface area contributed by atoms with Crippen molar-refractivity contribution in [3.05, 3.63) is 0 Å². The molecule has 0 radical (unpaired) electrons. The molecule has 0 atom stereocenters. The van der Waals surface area contributed by atoms with Gasteiger partial charge in [0.15, 0.2) is 0 Å². The molecule has 4 nitrogen and oxygen atoms in total. The normalized spacial score (nSPS) is 18.5. The second kappa shape index (κ2) is 8.15. The molecule has 7 heteroatoms. The van der Waals surface area contributed by atoms with E-state index in [4.69, 9.17) is 4.74 Å². The van der Waals surface area contributed by atoms with Crippen LogP contribution in [-0.2, 0) is 9.53 Å². The zero-order valence-electron chi connectivity index (χ0n) is 13.7. The lowest BCUT2D eigenvalue weighted by atomic mass is 9.91. The second-order valence-electron chi connectivity index (χ2n) is 6.42. The van der Waals surface area contributed by atoms with Crippen LogP contribution in [0.5, 0.6) is 0 Å². The number of hydrogen-bond donors (Lipinski definition) is 0. The number of alkyl halides is 3. The average Bonchev–Trinajstić information content (AvgIpc) is 2.45. The maximum atomic E-state index is 12.2. The number of nitrogens with zero attached hydrogens (tertiary/aromatic N) is 2. The van der Waals surface area contributed by atoms with Crippen molar-refractivity contribution in [1.82, 2.24) is 9.80 Å². The molecule has 1 fully saturated rings. The molecule has 130 valence electrons. The molecule has 0 aliphatic carbocycles. The smallest absolute Gasteiger partial charge is 0.390 e. The molecule has 0 aromatic heterocycles. The standard InChI is InChI=1S/C15H27F3N2O2/c1-4-14(2,3)13(21)22-12-11-20-9-7-19(8-10-20)6-5-15(16,17)18/h4-12H2,1-3H3. The van der Waals surface area contributed by atoms with Gasteiger partial charge in [-0.05, 0) is 20.3 Å². The zero-order valence-corrected chi connectivity index (χ0v) is 13.7. The van der Waals surface area contributed by atoms with Gasteiger partial charge >= 0.3 is 12.1 Å². The molecule has 1 heterocycles. The number of carbonyl (C=O) groups is 1. The Bertz CT molecular complexity index is 351. The minimum absolute atomic E-state index is 0.0665. The fourth-order valence-corrected chi connectivity index (χ4v) is 2.13. The second-order valence-corrected chi connectivity index (χ2v) is 6.42. The summed E-state index contributed by atoms with van der Waals surface area (Å²) >= 11 is 0. The molecule has 22 heavy (non-hydrogen) atoms. The molecule has 0 unspecified atom stereocenters. The van der Waals surface area contributed by atoms with E-state index in [0.29, 0.717) is 39.3 Å². The summed E-state index contributed by atoms with van der Waals surface area (Å²) in [7, 11) is 0. The first-order chi connectivity index (χ1) is 10.1. The number of halogens is 3. The van der Waals surface area contributed by atoms with Crippen LogP contribution in [0.2, 0.25) is 0 Å². The van der Waals surface area contributed by atoms with E-state index in [1.165, 1.54) is 0 Å². The molecular formula is C15H27F3N2O2. The highest BCUT2D eigenvalue weighted by Gasteiger charge is 2.29. The fraction of sp³-hybridized carbons (Fsp3) is 0.933. The Labute approximate surface area is 130 Å². The van der Waals surface area contributed by atoms with Crippen molar-refractivity contribution in [1.29, 1.82) is 0 Å². The largest absolute Gasteiger partial charge is 0.464 e. The maximum Gasteiger partial charge on any atom is 0.390 e. The summed E-state index contributed by atoms with van der Waals surface area (Å²) in [4.78, 5) is 15.8. The molecule has 0 spiro atoms. The van der Waals surface area contributed by atoms with Crippen LogP contribution in [0, 0.1) is 5.41 Å². The molecule has 0 N–H and O–H groups in total. The number of hydrogen-bond acceptors (Lipinski definition) is 4. The Kier molecular flexibility index (Phi) is 7.12. The third-order valence-electron chi connectivity index (χ3n) is 4.25. The van der Waals surface area contributed by atoms with Crippen molar-refractivity contribution in [2.75, 3.05) is 45.9 Å². The van der Waals surface area contributed by atoms with Crippen LogP contribution in [0.15, 0.2) is 0 Å². The Morgan fingerprint density at radius 2 is 1.55 bits per heavy atom. The third-order valence-corrected chi connectivity index (χ3v) is 4.25. The molecule has 0 aromatic rings. The van der Waals surface area contributed by atoms with Gasteiger partial charge in [0.2, 0.25) is 0 Å². The van der Waals surface area contributed by atoms with Gasteiger partial charge in [0, 0.05) is 39.3 Å². The van der Waals surface area contributed by atoms with Crippen molar-refractivity contribution in [2.45, 2.75) is 39.8 Å². The highest BCUT2D eigenvalue weighted by molar-refractivity contribution is 5.75. The summed E-state index contributed by atoms with van der Waals surface area (Å²) in [5.41, 5.74) is -0.462. The van der Waals surface area contributed by atoms with E-state index >= 15 is 0 Å². The molecule has 0 saturated carbocycles. The highest BCUT2D eigenvalue weighted by atomic mass is 19.4. The van der Waals surface area contributed by atoms with Gasteiger partial charge in [-0.3, -0.25) is 9.69 Å². The Morgan fingerprint density at radius 3 is 2.00 bits per heavy atom. The van der Waals surface area contributed by atoms with Gasteiger partial charge < -0.3 is 9.64 Å². The summed E-state index contributed by atoms with van der Waals surface area (Å²) in [5.74, 6) is -0.196. The maximum absolute atomic E-state index is 12.2. The quantitative estimate of drug-likeness (QED) is 0.674. The number of carbonyl (C=O) groups excluding carboxylic acids is 1. The lowest BCUT2D eigenvalue weighted by Crippen LogP contribution is -2.48. The first-order valence-corrected chi connectivity index (χ1v) is 7.83. The number of piperazine rings is 1. The first-order valence-electron chi connectivity index (χ1n) is 7.83. The van der Waals surface area contributed by atoms with Gasteiger partial charge in [-0.15, -0.1) is 0 Å². The highest BCUT2D eigenvalue weighted by Crippen LogP contribution is 2.21. The Hall–Kier alpha value is -0.820. The number of ether oxygens (including phenoxy) is 1. The zero-order chi connectivity index (χ0) is 16.8. The van der Waals surface area contributed by atoms with Gasteiger partial charge in [0.1, 0.15) is 6.61 Å². The van der Waals surface area contributed by atoms with Gasteiger partial charge in [-0.1, -0.05) is 6.92 Å². The van der Waals surface area contributed by atoms with Crippen LogP contribution >= 0.6 is 0 Å². The average molecular weight is 324 g/mol. The van der Waals surface area contributed by atoms with E-state index in [1.54, 1.807) is 0 Å². The van der Waals surface area contributed by atoms with E-state index in [0.717, 1.165) is 6.42 Å². The minimum Gasteiger partial charge on any atom is -0.464 e. The van der Waals surface area contributed by atoms with Crippen LogP contribution in [-0.4, -0.2) is 67.8 Å². The summed E-state index contributed by atoms with van der Waals surface area (Å²) < 4.78 is 41.8. The molecule has 1 aliphatic heterocycles. The van der Waals surface area contributed by atoms with Crippen molar-refractivity contribution in [3.63, 3.8) is 0 Å². The molecule has 0 bridgehead atoms. The van der Waals surface area contributed by atoms with Gasteiger partial charge in [0.25, 0.3) is 0 Å². The predicted octanol–water partition coefficient (Wildman–Crippen LogP) is 2.54. The van der Waals surface area contributed by atoms with E-state index in [2.05, 4.69) is 4.90 Å². The number of esters is 1. The van der Waals surface area contributed by atoms with Gasteiger partial charge in [0.05, 0.1) is 11.8 Å². The van der Waals surface area contributed by atoms with Crippen LogP contribution < -0.4 is 0 Å². The SMILES string of the molecule is CCC(C)(C)C(=O)OCCN1CCN(CCC(F)(F)F)CC1. The van der Waals surface area contributed by atoms with Gasteiger partial charge in [-0.25, -0.2) is 0 Å². The van der Waals surface area contributed by atoms with Gasteiger partial charge in [-0.2, -0.15) is 13.2 Å². The topological polar surface area (TPSA) is 32.8 Å². The molecule has 0 amide bonds. The lowest BCUT2D eigenvalue weighted by Gasteiger charge is -2.34. The van der Waals surface area contributed by atoms with E-state index < -0.39 is 18.0 Å². The third kappa shape index (κ3) is 6.96. The monoisotopic (exact) mass is 324 g/mol. The van der Waals surface area contributed by atoms with Crippen LogP contribution in [0.25, 0.3) is 0 Å². The van der Waals surface area contributed by atoms with Crippen molar-refractivity contribution >= 4 is 5.97 Å². The van der Waals surface area contributed by atoms with Crippen molar-refractivity contribution in [2.24, 2.45) is 5.41 Å². The molecule has 1 rings (SSSR count). The van der Waals surface area contributed by atoms with Crippen molar-refractivity contribution in [3.8, 4) is 0 Å². The van der Waals surface area contributed by atoms with E-state index in [1.807, 2.05) is 25.7 Å². The van der Waals surface area contributed by atoms with Crippen LogP contribution in [0.3, 0.4) is 0 Å². The summed E-state index contributed by atoms with van der Waals surface area (Å²) in [5, 5.41) is 0. The Morgan fingerprint density at radius 1 is 1.05 bits per heavy atom. The fourth-order valence-electron chi connectivity index (χ4n) is 2.13. The van der Waals surface area contributed by atoms with E-state index in [9.17, 15) is 18.0 Å². The summed E-state index contributed by atoms with van der Waals surface area (Å²) in [6.07, 6.45) is -4.11. The van der Waals surface area contributed by atoms with Crippen LogP contribution in [0.4, 0.5) is 13.2 Å². The number of rotatable bonds is 7. The molecule has 1 aliphatic rings. The molecule has 1 saturated heterocycles. The predicted molar refractivity (Wildman–Crippen MR) is 78.6 cm³/mol. The van der Waals surface area contributed by atoms with Crippen molar-refractivity contribution < 1.29 is 22.7 Å². The minimum atomic E-state index is -4.09. The Balaban J connectivity index is 2.17. The summed E-state index contributed by atoms with van der Waals surface area (Å²) in [6.45, 7) is 9.39. The van der Waals surface area contributed by atoms with Crippen LogP contribution in [0.1, 0.15) is 33.6 Å². The molecular weight excluding hydrogens is 297 g/mol. The first kappa shape index (κ1) is 19.2. The van der Waals surface area contributed by atoms with E-state index in [-0.39, 0.29) is 12.5 Å². The molecule has 0 aromatic carbocycles. The summed E-state index contributed by atoms with van der Waals surface area (Å²) in [6, 6.07) is 0.